The van der Waals surface area contributed by atoms with Gasteiger partial charge in [0, 0.05) is 13.2 Å². The minimum absolute atomic E-state index is 0.109. The van der Waals surface area contributed by atoms with Crippen molar-refractivity contribution < 1.29 is 19.0 Å². The Bertz CT molecular complexity index is 396. The van der Waals surface area contributed by atoms with E-state index in [1.165, 1.54) is 0 Å². The third kappa shape index (κ3) is 4.54. The molecule has 0 unspecified atom stereocenters. The fourth-order valence-corrected chi connectivity index (χ4v) is 2.18. The van der Waals surface area contributed by atoms with E-state index in [1.54, 1.807) is 19.2 Å². The molecule has 1 aromatic rings. The topological polar surface area (TPSA) is 56.8 Å². The van der Waals surface area contributed by atoms with Crippen LogP contribution in [0.3, 0.4) is 0 Å². The van der Waals surface area contributed by atoms with Gasteiger partial charge in [-0.05, 0) is 31.4 Å². The average molecular weight is 265 g/mol. The Morgan fingerprint density at radius 3 is 2.84 bits per heavy atom. The van der Waals surface area contributed by atoms with E-state index in [1.807, 2.05) is 18.2 Å². The van der Waals surface area contributed by atoms with Gasteiger partial charge in [0.1, 0.15) is 12.5 Å². The number of carbonyl (C=O) groups excluding carboxylic acids is 1. The highest BCUT2D eigenvalue weighted by Crippen LogP contribution is 2.22. The van der Waals surface area contributed by atoms with Gasteiger partial charge in [-0.2, -0.15) is 0 Å². The predicted octanol–water partition coefficient (Wildman–Crippen LogP) is 2.32. The molecule has 0 spiro atoms. The molecule has 1 aliphatic carbocycles. The van der Waals surface area contributed by atoms with Gasteiger partial charge in [-0.25, -0.2) is 4.79 Å². The van der Waals surface area contributed by atoms with Crippen LogP contribution in [0.15, 0.2) is 30.3 Å². The van der Waals surface area contributed by atoms with Crippen molar-refractivity contribution in [2.45, 2.75) is 31.4 Å². The molecule has 1 aliphatic rings. The molecule has 1 amide bonds. The van der Waals surface area contributed by atoms with Gasteiger partial charge in [0.2, 0.25) is 0 Å². The van der Waals surface area contributed by atoms with Gasteiger partial charge in [-0.3, -0.25) is 0 Å². The van der Waals surface area contributed by atoms with Gasteiger partial charge in [0.25, 0.3) is 0 Å². The number of nitrogens with one attached hydrogen (secondary N) is 1. The molecule has 1 saturated carbocycles. The number of hydrogen-bond donors (Lipinski definition) is 1. The van der Waals surface area contributed by atoms with Crippen molar-refractivity contribution in [2.75, 3.05) is 13.9 Å². The van der Waals surface area contributed by atoms with E-state index in [4.69, 9.17) is 14.2 Å². The van der Waals surface area contributed by atoms with E-state index < -0.39 is 6.09 Å². The fraction of sp³-hybridized carbons (Fsp3) is 0.500. The number of benzene rings is 1. The zero-order valence-corrected chi connectivity index (χ0v) is 11.0. The van der Waals surface area contributed by atoms with Crippen molar-refractivity contribution in [1.82, 2.24) is 5.32 Å². The number of rotatable bonds is 5. The van der Waals surface area contributed by atoms with Crippen molar-refractivity contribution in [3.05, 3.63) is 30.3 Å². The van der Waals surface area contributed by atoms with Gasteiger partial charge < -0.3 is 19.5 Å². The van der Waals surface area contributed by atoms with Crippen molar-refractivity contribution in [3.8, 4) is 5.75 Å². The lowest BCUT2D eigenvalue weighted by Gasteiger charge is -2.13. The Labute approximate surface area is 112 Å². The summed E-state index contributed by atoms with van der Waals surface area (Å²) in [5, 5.41) is 2.85. The third-order valence-electron chi connectivity index (χ3n) is 3.08. The highest BCUT2D eigenvalue weighted by atomic mass is 16.7. The predicted molar refractivity (Wildman–Crippen MR) is 70.0 cm³/mol. The lowest BCUT2D eigenvalue weighted by atomic mass is 10.2. The summed E-state index contributed by atoms with van der Waals surface area (Å²) in [6, 6.07) is 9.13. The highest BCUT2D eigenvalue weighted by molar-refractivity contribution is 5.70. The number of ether oxygens (including phenoxy) is 3. The Balaban J connectivity index is 1.72. The lowest BCUT2D eigenvalue weighted by molar-refractivity contribution is -0.0691. The lowest BCUT2D eigenvalue weighted by Crippen LogP contribution is -2.35. The van der Waals surface area contributed by atoms with Crippen LogP contribution < -0.4 is 10.1 Å². The van der Waals surface area contributed by atoms with E-state index in [0.717, 1.165) is 19.3 Å². The van der Waals surface area contributed by atoms with Gasteiger partial charge >= 0.3 is 6.09 Å². The van der Waals surface area contributed by atoms with Gasteiger partial charge in [0.15, 0.2) is 0 Å². The Morgan fingerprint density at radius 1 is 1.32 bits per heavy atom. The standard InChI is InChI=1S/C14H19NO4/c1-17-10-18-13-8-7-11(9-13)15-14(16)19-12-5-3-2-4-6-12/h2-6,11,13H,7-10H2,1H3,(H,15,16)/t11-,13+/m1/s1. The van der Waals surface area contributed by atoms with Gasteiger partial charge in [-0.15, -0.1) is 0 Å². The second-order valence-corrected chi connectivity index (χ2v) is 4.55. The van der Waals surface area contributed by atoms with Crippen molar-refractivity contribution in [1.29, 1.82) is 0 Å². The molecule has 5 nitrogen and oxygen atoms in total. The first-order valence-electron chi connectivity index (χ1n) is 6.42. The monoisotopic (exact) mass is 265 g/mol. The van der Waals surface area contributed by atoms with Crippen LogP contribution in [0.4, 0.5) is 4.79 Å². The Morgan fingerprint density at radius 2 is 2.11 bits per heavy atom. The molecule has 0 aromatic heterocycles. The van der Waals surface area contributed by atoms with Crippen LogP contribution in [-0.2, 0) is 9.47 Å². The first kappa shape index (κ1) is 13.8. The molecule has 2 rings (SSSR count). The van der Waals surface area contributed by atoms with Gasteiger partial charge in [0.05, 0.1) is 6.10 Å². The van der Waals surface area contributed by atoms with Crippen molar-refractivity contribution in [2.24, 2.45) is 0 Å². The zero-order chi connectivity index (χ0) is 13.5. The summed E-state index contributed by atoms with van der Waals surface area (Å²) in [7, 11) is 1.60. The minimum Gasteiger partial charge on any atom is -0.410 e. The molecule has 0 saturated heterocycles. The Kier molecular flexibility index (Phi) is 5.18. The van der Waals surface area contributed by atoms with Crippen LogP contribution in [-0.4, -0.2) is 32.1 Å². The van der Waals surface area contributed by atoms with Crippen LogP contribution in [0.2, 0.25) is 0 Å². The molecule has 0 radical (unpaired) electrons. The van der Waals surface area contributed by atoms with Crippen LogP contribution in [0, 0.1) is 0 Å². The number of amides is 1. The number of methoxy groups -OCH3 is 1. The molecule has 1 aromatic carbocycles. The summed E-state index contributed by atoms with van der Waals surface area (Å²) >= 11 is 0. The summed E-state index contributed by atoms with van der Waals surface area (Å²) in [6.07, 6.45) is 2.37. The van der Waals surface area contributed by atoms with Crippen LogP contribution in [0.1, 0.15) is 19.3 Å². The first-order chi connectivity index (χ1) is 9.28. The summed E-state index contributed by atoms with van der Waals surface area (Å²) in [5.41, 5.74) is 0. The second kappa shape index (κ2) is 7.11. The maximum Gasteiger partial charge on any atom is 0.412 e. The van der Waals surface area contributed by atoms with Crippen molar-refractivity contribution in [3.63, 3.8) is 0 Å². The van der Waals surface area contributed by atoms with E-state index in [2.05, 4.69) is 5.32 Å². The largest absolute Gasteiger partial charge is 0.412 e. The maximum atomic E-state index is 11.7. The summed E-state index contributed by atoms with van der Waals surface area (Å²) in [5.74, 6) is 0.546. The average Bonchev–Trinajstić information content (AvgIpc) is 2.85. The van der Waals surface area contributed by atoms with Crippen LogP contribution in [0.25, 0.3) is 0 Å². The molecular formula is C14H19NO4. The SMILES string of the molecule is COCO[C@H]1CC[C@@H](NC(=O)Oc2ccccc2)C1. The van der Waals surface area contributed by atoms with E-state index in [-0.39, 0.29) is 12.1 Å². The van der Waals surface area contributed by atoms with E-state index in [0.29, 0.717) is 12.5 Å². The molecule has 19 heavy (non-hydrogen) atoms. The fourth-order valence-electron chi connectivity index (χ4n) is 2.18. The summed E-state index contributed by atoms with van der Waals surface area (Å²) < 4.78 is 15.5. The van der Waals surface area contributed by atoms with Crippen LogP contribution in [0.5, 0.6) is 5.75 Å². The number of hydrogen-bond acceptors (Lipinski definition) is 4. The Hall–Kier alpha value is -1.59. The zero-order valence-electron chi connectivity index (χ0n) is 11.0. The highest BCUT2D eigenvalue weighted by Gasteiger charge is 2.26. The number of para-hydroxylation sites is 1. The third-order valence-corrected chi connectivity index (χ3v) is 3.08. The van der Waals surface area contributed by atoms with Gasteiger partial charge in [-0.1, -0.05) is 18.2 Å². The molecule has 0 heterocycles. The van der Waals surface area contributed by atoms with E-state index in [9.17, 15) is 4.79 Å². The quantitative estimate of drug-likeness (QED) is 0.830. The van der Waals surface area contributed by atoms with E-state index >= 15 is 0 Å². The van der Waals surface area contributed by atoms with Crippen molar-refractivity contribution >= 4 is 6.09 Å². The first-order valence-corrected chi connectivity index (χ1v) is 6.42. The molecular weight excluding hydrogens is 246 g/mol. The molecule has 0 bridgehead atoms. The second-order valence-electron chi connectivity index (χ2n) is 4.55. The molecule has 0 aliphatic heterocycles. The molecule has 104 valence electrons. The molecule has 2 atom stereocenters. The molecule has 5 heteroatoms. The normalized spacial score (nSPS) is 22.2. The summed E-state index contributed by atoms with van der Waals surface area (Å²) in [4.78, 5) is 11.7. The maximum absolute atomic E-state index is 11.7. The smallest absolute Gasteiger partial charge is 0.410 e. The summed E-state index contributed by atoms with van der Waals surface area (Å²) in [6.45, 7) is 0.297. The van der Waals surface area contributed by atoms with Crippen LogP contribution >= 0.6 is 0 Å². The molecule has 1 fully saturated rings. The molecule has 1 N–H and O–H groups in total. The number of carbonyl (C=O) groups is 1. The minimum atomic E-state index is -0.413.